The largest absolute Gasteiger partial charge is 0.422 e. The van der Waals surface area contributed by atoms with Gasteiger partial charge in [0, 0.05) is 188 Å². The fourth-order valence-electron chi connectivity index (χ4n) is 16.8. The molecule has 6 N–H and O–H groups in total. The molecule has 16 aromatic rings. The molecule has 0 unspecified atom stereocenters. The number of aromatic nitrogens is 8. The molecule has 4 atom stereocenters. The van der Waals surface area contributed by atoms with Crippen LogP contribution in [0.5, 0.6) is 0 Å². The van der Waals surface area contributed by atoms with Crippen molar-refractivity contribution in [1.29, 1.82) is 0 Å². The number of imidazole rings is 4. The molecule has 4 saturated heterocycles. The SMILES string of the molecule is C[C@@H]1CN(c2ccc3cc(-c4cn5cc(C6CC6)cc(F)c5n4)c(=O)oc3c2)C[C@H](C)N1.C[C@H]1CN(c2ccc3cc(-c4cn5cc(C6CC6)cc(F)c5n4)c(=O)oc3c2)CCN1.Cc1ccn2cc(-c3cc4ccc(NC5CCNCC5)cc4oc3=O)nc2c1.Cc1ccn2cc(-c3cc4ccc(N[C@@H]5CCNC5)cc4oc3=O)nc2c1. The summed E-state index contributed by atoms with van der Waals surface area (Å²) in [5.74, 6) is 0.135. The molecule has 22 rings (SSSR count). The number of nitrogens with zero attached hydrogens (tertiary/aromatic N) is 10. The Morgan fingerprint density at radius 1 is 0.407 bits per heavy atom. The molecule has 118 heavy (non-hydrogen) atoms. The number of pyridine rings is 4. The summed E-state index contributed by atoms with van der Waals surface area (Å²) < 4.78 is 59.0. The van der Waals surface area contributed by atoms with Crippen molar-refractivity contribution in [3.8, 4) is 45.0 Å². The lowest BCUT2D eigenvalue weighted by Crippen LogP contribution is -2.54. The van der Waals surface area contributed by atoms with Gasteiger partial charge in [-0.1, -0.05) is 0 Å². The van der Waals surface area contributed by atoms with Crippen molar-refractivity contribution < 1.29 is 26.4 Å². The van der Waals surface area contributed by atoms with Crippen LogP contribution in [-0.4, -0.2) is 127 Å². The van der Waals surface area contributed by atoms with E-state index in [1.807, 2.05) is 157 Å². The molecule has 6 aliphatic rings. The first-order valence-corrected chi connectivity index (χ1v) is 40.8. The summed E-state index contributed by atoms with van der Waals surface area (Å²) in [4.78, 5) is 73.4. The number of piperazine rings is 2. The molecule has 0 bridgehead atoms. The number of fused-ring (bicyclic) bond motifs is 8. The molecule has 0 radical (unpaired) electrons. The van der Waals surface area contributed by atoms with Gasteiger partial charge in [-0.3, -0.25) is 0 Å². The van der Waals surface area contributed by atoms with E-state index in [1.54, 1.807) is 45.5 Å². The van der Waals surface area contributed by atoms with Gasteiger partial charge >= 0.3 is 22.5 Å². The third-order valence-electron chi connectivity index (χ3n) is 23.2. The Morgan fingerprint density at radius 2 is 0.814 bits per heavy atom. The number of anilines is 4. The second-order valence-corrected chi connectivity index (χ2v) is 32.6. The number of piperidine rings is 1. The minimum atomic E-state index is -0.470. The highest BCUT2D eigenvalue weighted by Crippen LogP contribution is 2.42. The number of halogens is 2. The van der Waals surface area contributed by atoms with Crippen molar-refractivity contribution in [3.05, 3.63) is 259 Å². The Kier molecular flexibility index (Phi) is 20.1. The summed E-state index contributed by atoms with van der Waals surface area (Å²) >= 11 is 0. The predicted molar refractivity (Wildman–Crippen MR) is 458 cm³/mol. The molecule has 0 amide bonds. The van der Waals surface area contributed by atoms with Crippen molar-refractivity contribution in [1.82, 2.24) is 58.8 Å². The topological polar surface area (TPSA) is 269 Å². The van der Waals surface area contributed by atoms with Gasteiger partial charge in [0.15, 0.2) is 22.9 Å². The Morgan fingerprint density at radius 3 is 1.26 bits per heavy atom. The van der Waals surface area contributed by atoms with Crippen LogP contribution in [0.4, 0.5) is 31.5 Å². The van der Waals surface area contributed by atoms with E-state index in [9.17, 15) is 28.0 Å². The first-order chi connectivity index (χ1) is 57.3. The maximum Gasteiger partial charge on any atom is 0.345 e. The quantitative estimate of drug-likeness (QED) is 0.0621. The van der Waals surface area contributed by atoms with Gasteiger partial charge < -0.3 is 77.0 Å². The summed E-state index contributed by atoms with van der Waals surface area (Å²) in [7, 11) is 0. The van der Waals surface area contributed by atoms with Gasteiger partial charge in [-0.15, -0.1) is 0 Å². The van der Waals surface area contributed by atoms with Gasteiger partial charge in [0.2, 0.25) is 0 Å². The van der Waals surface area contributed by atoms with E-state index in [-0.39, 0.29) is 34.2 Å². The molecule has 2 aliphatic carbocycles. The average molecular weight is 1590 g/mol. The van der Waals surface area contributed by atoms with Crippen LogP contribution in [0.3, 0.4) is 0 Å². The Bertz CT molecular complexity index is 6810. The minimum Gasteiger partial charge on any atom is -0.422 e. The van der Waals surface area contributed by atoms with E-state index >= 15 is 0 Å². The highest BCUT2D eigenvalue weighted by molar-refractivity contribution is 5.88. The monoisotopic (exact) mass is 1580 g/mol. The summed E-state index contributed by atoms with van der Waals surface area (Å²) in [6.07, 6.45) is 22.5. The average Bonchev–Trinajstić information content (AvgIpc) is 1.77. The molecular formula is C92H90F2N16O8. The van der Waals surface area contributed by atoms with Crippen LogP contribution in [0.15, 0.2) is 220 Å². The van der Waals surface area contributed by atoms with E-state index in [0.717, 1.165) is 182 Å². The van der Waals surface area contributed by atoms with Crippen LogP contribution in [-0.2, 0) is 0 Å². The van der Waals surface area contributed by atoms with Gasteiger partial charge in [-0.05, 0) is 242 Å². The van der Waals surface area contributed by atoms with Crippen molar-refractivity contribution >= 4 is 89.2 Å². The normalized spacial score (nSPS) is 18.5. The van der Waals surface area contributed by atoms with Crippen molar-refractivity contribution in [2.24, 2.45) is 0 Å². The first-order valence-electron chi connectivity index (χ1n) is 40.8. The number of aryl methyl sites for hydroxylation is 2. The van der Waals surface area contributed by atoms with Crippen LogP contribution in [0.25, 0.3) is 111 Å². The lowest BCUT2D eigenvalue weighted by molar-refractivity contribution is 0.407. The van der Waals surface area contributed by atoms with Crippen LogP contribution < -0.4 is 64.2 Å². The van der Waals surface area contributed by atoms with Crippen LogP contribution in [0.1, 0.15) is 99.8 Å². The van der Waals surface area contributed by atoms with Crippen molar-refractivity contribution in [3.63, 3.8) is 0 Å². The fourth-order valence-corrected chi connectivity index (χ4v) is 16.8. The maximum atomic E-state index is 14.6. The fraction of sp³-hybridized carbons (Fsp3) is 0.304. The number of benzene rings is 4. The van der Waals surface area contributed by atoms with Crippen molar-refractivity contribution in [2.45, 2.75) is 122 Å². The second-order valence-electron chi connectivity index (χ2n) is 32.6. The molecule has 26 heteroatoms. The number of hydrogen-bond acceptors (Lipinski definition) is 20. The molecule has 6 fully saturated rings. The third-order valence-corrected chi connectivity index (χ3v) is 23.2. The van der Waals surface area contributed by atoms with Crippen LogP contribution >= 0.6 is 0 Å². The van der Waals surface area contributed by atoms with E-state index in [1.165, 1.54) is 0 Å². The van der Waals surface area contributed by atoms with Crippen molar-refractivity contribution in [2.75, 3.05) is 79.3 Å². The van der Waals surface area contributed by atoms with E-state index in [0.29, 0.717) is 109 Å². The zero-order valence-corrected chi connectivity index (χ0v) is 66.2. The molecule has 12 aromatic heterocycles. The van der Waals surface area contributed by atoms with Crippen LogP contribution in [0, 0.1) is 25.5 Å². The standard InChI is InChI=1S/C25H25FN4O2.C24H23FN4O2.C22H22N4O2.C21H20N4O2/c1-14-10-29(11-15(2)27-14)19-6-5-17-7-20(25(31)32-23(17)9-19)22-13-30-12-18(16-3-4-16)8-21(26)24(30)28-22;1-14-11-28(7-6-26-14)18-5-4-16-8-19(24(30)31-22(16)10-18)21-13-29-12-17(15-2-3-15)9-20(25)23(29)27-21;1-14-6-9-26-13-19(25-21(26)10-14)18-11-15-2-3-17(12-20(15)28-22(18)27)24-16-4-7-23-8-5-16;1-13-5-7-25-12-18(24-20(25)8-13)17-9-14-2-3-15(10-19(14)27-21(17)26)23-16-4-6-22-11-16/h5-9,12-16,27H,3-4,10-11H2,1-2H3;4-5,8-10,12-15,26H,2-3,6-7,11H2,1H3;2-3,6,9-13,16,23-24H,4-5,7-8H2,1H3;2-3,5,7-10,12,16,22-23H,4,6,11H2,1H3/t14-,15+;14-;;16-/m.0.1/s1. The summed E-state index contributed by atoms with van der Waals surface area (Å²) in [5.41, 5.74) is 14.6. The van der Waals surface area contributed by atoms with E-state index < -0.39 is 11.3 Å². The summed E-state index contributed by atoms with van der Waals surface area (Å²) in [5, 5.41) is 24.1. The predicted octanol–water partition coefficient (Wildman–Crippen LogP) is 15.0. The van der Waals surface area contributed by atoms with Crippen LogP contribution in [0.2, 0.25) is 0 Å². The number of nitrogens with one attached hydrogen (secondary N) is 6. The first kappa shape index (κ1) is 75.4. The minimum absolute atomic E-state index is 0.223. The van der Waals surface area contributed by atoms with Gasteiger partial charge in [0.05, 0.1) is 45.0 Å². The maximum absolute atomic E-state index is 14.6. The lowest BCUT2D eigenvalue weighted by atomic mass is 10.1. The Labute approximate surface area is 675 Å². The lowest BCUT2D eigenvalue weighted by Gasteiger charge is -2.37. The molecule has 4 aromatic carbocycles. The molecule has 24 nitrogen and oxygen atoms in total. The van der Waals surface area contributed by atoms with Gasteiger partial charge in [0.25, 0.3) is 0 Å². The zero-order chi connectivity index (χ0) is 80.6. The highest BCUT2D eigenvalue weighted by Gasteiger charge is 2.29. The number of hydrogen-bond donors (Lipinski definition) is 6. The summed E-state index contributed by atoms with van der Waals surface area (Å²) in [6, 6.07) is 44.2. The Hall–Kier alpha value is -12.6. The molecule has 0 spiro atoms. The van der Waals surface area contributed by atoms with Gasteiger partial charge in [-0.25, -0.2) is 47.9 Å². The molecule has 600 valence electrons. The molecular weight excluding hydrogens is 1500 g/mol. The highest BCUT2D eigenvalue weighted by atomic mass is 19.1. The molecule has 16 heterocycles. The molecule has 2 saturated carbocycles. The van der Waals surface area contributed by atoms with E-state index in [4.69, 9.17) is 17.7 Å². The summed E-state index contributed by atoms with van der Waals surface area (Å²) in [6.45, 7) is 19.1. The smallest absolute Gasteiger partial charge is 0.345 e. The third kappa shape index (κ3) is 16.0. The number of rotatable bonds is 12. The molecule has 4 aliphatic heterocycles. The Balaban J connectivity index is 0.000000105. The second kappa shape index (κ2) is 31.4. The zero-order valence-electron chi connectivity index (χ0n) is 66.2. The van der Waals surface area contributed by atoms with Gasteiger partial charge in [-0.2, -0.15) is 0 Å². The van der Waals surface area contributed by atoms with E-state index in [2.05, 4.69) is 94.5 Å². The van der Waals surface area contributed by atoms with Gasteiger partial charge in [0.1, 0.15) is 33.6 Å².